The fourth-order valence-electron chi connectivity index (χ4n) is 2.20. The van der Waals surface area contributed by atoms with Gasteiger partial charge in [0.1, 0.15) is 17.4 Å². The van der Waals surface area contributed by atoms with Crippen LogP contribution >= 0.6 is 11.6 Å². The number of hydrogen-bond donors (Lipinski definition) is 1. The van der Waals surface area contributed by atoms with Crippen LogP contribution < -0.4 is 14.4 Å². The average molecular weight is 300 g/mol. The van der Waals surface area contributed by atoms with E-state index in [1.54, 1.807) is 6.07 Å². The van der Waals surface area contributed by atoms with Crippen LogP contribution in [-0.2, 0) is 9.59 Å². The van der Waals surface area contributed by atoms with Crippen molar-refractivity contribution in [2.24, 2.45) is 5.92 Å². The van der Waals surface area contributed by atoms with Gasteiger partial charge in [0.2, 0.25) is 5.91 Å². The van der Waals surface area contributed by atoms with Crippen LogP contribution in [0.15, 0.2) is 12.1 Å². The van der Waals surface area contributed by atoms with Crippen LogP contribution in [0.1, 0.15) is 6.42 Å². The van der Waals surface area contributed by atoms with Crippen LogP contribution in [0, 0.1) is 5.92 Å². The van der Waals surface area contributed by atoms with E-state index in [1.165, 1.54) is 25.2 Å². The van der Waals surface area contributed by atoms with Crippen LogP contribution in [0.2, 0.25) is 5.02 Å². The van der Waals surface area contributed by atoms with Gasteiger partial charge in [0, 0.05) is 18.7 Å². The molecule has 1 aromatic carbocycles. The Labute approximate surface area is 120 Å². The van der Waals surface area contributed by atoms with Crippen molar-refractivity contribution in [1.82, 2.24) is 0 Å². The molecule has 1 amide bonds. The van der Waals surface area contributed by atoms with Gasteiger partial charge in [-0.2, -0.15) is 0 Å². The SMILES string of the molecule is COc1cc(N2CCC(C(=O)O)C2=O)c(OC)cc1Cl. The van der Waals surface area contributed by atoms with Crippen LogP contribution in [0.5, 0.6) is 11.5 Å². The summed E-state index contributed by atoms with van der Waals surface area (Å²) < 4.78 is 10.3. The Morgan fingerprint density at radius 3 is 2.50 bits per heavy atom. The summed E-state index contributed by atoms with van der Waals surface area (Å²) in [5.41, 5.74) is 0.461. The zero-order chi connectivity index (χ0) is 14.9. The minimum absolute atomic E-state index is 0.266. The number of ether oxygens (including phenoxy) is 2. The van der Waals surface area contributed by atoms with Gasteiger partial charge in [-0.1, -0.05) is 11.6 Å². The first-order valence-electron chi connectivity index (χ1n) is 5.95. The van der Waals surface area contributed by atoms with Gasteiger partial charge in [-0.25, -0.2) is 0 Å². The third-order valence-electron chi connectivity index (χ3n) is 3.25. The smallest absolute Gasteiger partial charge is 0.316 e. The van der Waals surface area contributed by atoms with Crippen LogP contribution in [0.3, 0.4) is 0 Å². The summed E-state index contributed by atoms with van der Waals surface area (Å²) in [6.45, 7) is 0.316. The number of benzene rings is 1. The molecule has 1 unspecified atom stereocenters. The van der Waals surface area contributed by atoms with Crippen molar-refractivity contribution in [3.63, 3.8) is 0 Å². The van der Waals surface area contributed by atoms with Crippen molar-refractivity contribution in [3.8, 4) is 11.5 Å². The van der Waals surface area contributed by atoms with Crippen LogP contribution in [-0.4, -0.2) is 37.7 Å². The lowest BCUT2D eigenvalue weighted by atomic mass is 10.1. The number of carboxylic acids is 1. The first-order valence-corrected chi connectivity index (χ1v) is 6.33. The lowest BCUT2D eigenvalue weighted by Gasteiger charge is -2.20. The topological polar surface area (TPSA) is 76.1 Å². The van der Waals surface area contributed by atoms with E-state index in [9.17, 15) is 9.59 Å². The summed E-state index contributed by atoms with van der Waals surface area (Å²) in [6, 6.07) is 3.11. The van der Waals surface area contributed by atoms with Crippen molar-refractivity contribution >= 4 is 29.2 Å². The molecule has 1 fully saturated rings. The summed E-state index contributed by atoms with van der Waals surface area (Å²) in [6.07, 6.45) is 0.266. The molecule has 0 saturated carbocycles. The molecule has 1 saturated heterocycles. The average Bonchev–Trinajstić information content (AvgIpc) is 2.80. The second-order valence-corrected chi connectivity index (χ2v) is 4.74. The van der Waals surface area contributed by atoms with Gasteiger partial charge in [0.05, 0.1) is 24.9 Å². The van der Waals surface area contributed by atoms with Gasteiger partial charge >= 0.3 is 5.97 Å². The predicted octanol–water partition coefficient (Wildman–Crippen LogP) is 1.79. The molecule has 108 valence electrons. The Balaban J connectivity index is 2.42. The Hall–Kier alpha value is -1.95. The number of carboxylic acid groups (broad SMARTS) is 1. The van der Waals surface area contributed by atoms with E-state index in [4.69, 9.17) is 26.2 Å². The van der Waals surface area contributed by atoms with Gasteiger partial charge in [0.25, 0.3) is 0 Å². The molecule has 7 heteroatoms. The second-order valence-electron chi connectivity index (χ2n) is 4.33. The molecule has 0 spiro atoms. The fraction of sp³-hybridized carbons (Fsp3) is 0.385. The van der Waals surface area contributed by atoms with Gasteiger partial charge in [-0.15, -0.1) is 0 Å². The van der Waals surface area contributed by atoms with Gasteiger partial charge in [0.15, 0.2) is 0 Å². The monoisotopic (exact) mass is 299 g/mol. The van der Waals surface area contributed by atoms with E-state index < -0.39 is 17.8 Å². The molecule has 20 heavy (non-hydrogen) atoms. The molecular weight excluding hydrogens is 286 g/mol. The minimum atomic E-state index is -1.11. The normalized spacial score (nSPS) is 18.2. The van der Waals surface area contributed by atoms with E-state index in [-0.39, 0.29) is 6.42 Å². The number of carbonyl (C=O) groups is 2. The molecule has 1 aliphatic heterocycles. The van der Waals surface area contributed by atoms with Crippen molar-refractivity contribution in [2.75, 3.05) is 25.7 Å². The molecular formula is C13H14ClNO5. The fourth-order valence-corrected chi connectivity index (χ4v) is 2.43. The van der Waals surface area contributed by atoms with Crippen LogP contribution in [0.4, 0.5) is 5.69 Å². The largest absolute Gasteiger partial charge is 0.495 e. The molecule has 1 aliphatic rings. The predicted molar refractivity (Wildman–Crippen MR) is 72.7 cm³/mol. The number of nitrogens with zero attached hydrogens (tertiary/aromatic N) is 1. The highest BCUT2D eigenvalue weighted by molar-refractivity contribution is 6.32. The highest BCUT2D eigenvalue weighted by Crippen LogP contribution is 2.40. The number of carbonyl (C=O) groups excluding carboxylic acids is 1. The molecule has 0 aliphatic carbocycles. The number of aliphatic carboxylic acids is 1. The van der Waals surface area contributed by atoms with Crippen molar-refractivity contribution in [2.45, 2.75) is 6.42 Å². The van der Waals surface area contributed by atoms with E-state index in [0.717, 1.165) is 0 Å². The van der Waals surface area contributed by atoms with Gasteiger partial charge in [-0.3, -0.25) is 9.59 Å². The molecule has 1 heterocycles. The molecule has 0 aromatic heterocycles. The molecule has 0 bridgehead atoms. The quantitative estimate of drug-likeness (QED) is 0.858. The van der Waals surface area contributed by atoms with E-state index in [2.05, 4.69) is 0 Å². The van der Waals surface area contributed by atoms with Gasteiger partial charge in [-0.05, 0) is 6.42 Å². The third-order valence-corrected chi connectivity index (χ3v) is 3.54. The molecule has 2 rings (SSSR count). The maximum Gasteiger partial charge on any atom is 0.316 e. The summed E-state index contributed by atoms with van der Waals surface area (Å²) >= 11 is 6.00. The Morgan fingerprint density at radius 1 is 1.35 bits per heavy atom. The second kappa shape index (κ2) is 5.58. The van der Waals surface area contributed by atoms with E-state index >= 15 is 0 Å². The minimum Gasteiger partial charge on any atom is -0.495 e. The van der Waals surface area contributed by atoms with Crippen molar-refractivity contribution < 1.29 is 24.2 Å². The summed E-state index contributed by atoms with van der Waals surface area (Å²) in [5.74, 6) is -1.79. The third kappa shape index (κ3) is 2.38. The Bertz CT molecular complexity index is 560. The number of hydrogen-bond acceptors (Lipinski definition) is 4. The summed E-state index contributed by atoms with van der Waals surface area (Å²) in [4.78, 5) is 24.5. The Kier molecular flexibility index (Phi) is 4.04. The number of rotatable bonds is 4. The van der Waals surface area contributed by atoms with Gasteiger partial charge < -0.3 is 19.5 Å². The van der Waals surface area contributed by atoms with Crippen LogP contribution in [0.25, 0.3) is 0 Å². The molecule has 6 nitrogen and oxygen atoms in total. The number of halogens is 1. The highest BCUT2D eigenvalue weighted by atomic mass is 35.5. The molecule has 1 aromatic rings. The molecule has 1 N–H and O–H groups in total. The number of methoxy groups -OCH3 is 2. The Morgan fingerprint density at radius 2 is 2.00 bits per heavy atom. The summed E-state index contributed by atoms with van der Waals surface area (Å²) in [5, 5.41) is 9.35. The lowest BCUT2D eigenvalue weighted by Crippen LogP contribution is -2.30. The summed E-state index contributed by atoms with van der Waals surface area (Å²) in [7, 11) is 2.92. The molecule has 1 atom stereocenters. The highest BCUT2D eigenvalue weighted by Gasteiger charge is 2.38. The molecule has 0 radical (unpaired) electrons. The first kappa shape index (κ1) is 14.5. The van der Waals surface area contributed by atoms with E-state index in [0.29, 0.717) is 28.8 Å². The maximum atomic E-state index is 12.1. The number of amides is 1. The zero-order valence-electron chi connectivity index (χ0n) is 11.1. The maximum absolute atomic E-state index is 12.1. The van der Waals surface area contributed by atoms with Crippen molar-refractivity contribution in [3.05, 3.63) is 17.2 Å². The first-order chi connectivity index (χ1) is 9.49. The van der Waals surface area contributed by atoms with Crippen molar-refractivity contribution in [1.29, 1.82) is 0 Å². The standard InChI is InChI=1S/C13H14ClNO5/c1-19-10-6-9(11(20-2)5-8(10)14)15-4-3-7(12(15)16)13(17)18/h5-7H,3-4H2,1-2H3,(H,17,18). The zero-order valence-corrected chi connectivity index (χ0v) is 11.8. The lowest BCUT2D eigenvalue weighted by molar-refractivity contribution is -0.144. The number of anilines is 1. The van der Waals surface area contributed by atoms with E-state index in [1.807, 2.05) is 0 Å².